The second kappa shape index (κ2) is 6.02. The lowest BCUT2D eigenvalue weighted by Gasteiger charge is -2.38. The predicted molar refractivity (Wildman–Crippen MR) is 82.1 cm³/mol. The molecule has 1 aromatic carbocycles. The van der Waals surface area contributed by atoms with Crippen LogP contribution in [0.3, 0.4) is 0 Å². The van der Waals surface area contributed by atoms with Crippen molar-refractivity contribution < 1.29 is 22.7 Å². The molecule has 0 saturated heterocycles. The summed E-state index contributed by atoms with van der Waals surface area (Å²) in [7, 11) is 0. The Bertz CT molecular complexity index is 630. The highest BCUT2D eigenvalue weighted by atomic mass is 19.4. The molecule has 0 aromatic heterocycles. The highest BCUT2D eigenvalue weighted by Gasteiger charge is 2.39. The van der Waals surface area contributed by atoms with Crippen LogP contribution in [0.25, 0.3) is 0 Å². The van der Waals surface area contributed by atoms with Gasteiger partial charge in [-0.15, -0.1) is 0 Å². The smallest absolute Gasteiger partial charge is 0.416 e. The Labute approximate surface area is 134 Å². The van der Waals surface area contributed by atoms with Gasteiger partial charge in [0.1, 0.15) is 5.60 Å². The first-order chi connectivity index (χ1) is 10.5. The molecule has 0 spiro atoms. The predicted octanol–water partition coefficient (Wildman–Crippen LogP) is 5.02. The van der Waals surface area contributed by atoms with Gasteiger partial charge >= 0.3 is 12.1 Å². The van der Waals surface area contributed by atoms with Crippen LogP contribution in [0, 0.1) is 0 Å². The van der Waals surface area contributed by atoms with E-state index in [0.717, 1.165) is 24.5 Å². The van der Waals surface area contributed by atoms with Crippen LogP contribution in [0.4, 0.5) is 13.2 Å². The summed E-state index contributed by atoms with van der Waals surface area (Å²) in [5, 5.41) is 0. The van der Waals surface area contributed by atoms with E-state index in [1.807, 2.05) is 0 Å². The normalized spacial score (nSPS) is 18.3. The molecule has 1 aliphatic rings. The number of benzene rings is 1. The van der Waals surface area contributed by atoms with Gasteiger partial charge in [-0.1, -0.05) is 12.6 Å². The maximum Gasteiger partial charge on any atom is 0.416 e. The fraction of sp³-hybridized carbons (Fsp3) is 0.500. The number of ether oxygens (including phenoxy) is 1. The summed E-state index contributed by atoms with van der Waals surface area (Å²) in [5.41, 5.74) is 0.248. The van der Waals surface area contributed by atoms with Gasteiger partial charge in [-0.3, -0.25) is 0 Å². The van der Waals surface area contributed by atoms with Crippen molar-refractivity contribution in [3.63, 3.8) is 0 Å². The van der Waals surface area contributed by atoms with E-state index in [1.54, 1.807) is 26.8 Å². The van der Waals surface area contributed by atoms with Crippen molar-refractivity contribution >= 4 is 5.97 Å². The van der Waals surface area contributed by atoms with E-state index >= 15 is 0 Å². The lowest BCUT2D eigenvalue weighted by atomic mass is 9.74. The fourth-order valence-corrected chi connectivity index (χ4v) is 3.09. The molecule has 0 radical (unpaired) electrons. The molecule has 0 saturated carbocycles. The molecule has 0 aliphatic heterocycles. The van der Waals surface area contributed by atoms with Crippen molar-refractivity contribution in [2.24, 2.45) is 0 Å². The highest BCUT2D eigenvalue weighted by molar-refractivity contribution is 5.87. The monoisotopic (exact) mass is 326 g/mol. The second-order valence-corrected chi connectivity index (χ2v) is 6.63. The van der Waals surface area contributed by atoms with Crippen LogP contribution in [0.15, 0.2) is 30.4 Å². The number of rotatable bonds is 3. The van der Waals surface area contributed by atoms with Crippen molar-refractivity contribution in [2.75, 3.05) is 0 Å². The van der Waals surface area contributed by atoms with Crippen molar-refractivity contribution in [3.05, 3.63) is 47.0 Å². The molecule has 2 nitrogen and oxygen atoms in total. The molecule has 0 heterocycles. The largest absolute Gasteiger partial charge is 0.456 e. The van der Waals surface area contributed by atoms with E-state index in [-0.39, 0.29) is 11.5 Å². The van der Waals surface area contributed by atoms with Gasteiger partial charge in [0.2, 0.25) is 0 Å². The van der Waals surface area contributed by atoms with Crippen LogP contribution in [0.2, 0.25) is 0 Å². The highest BCUT2D eigenvalue weighted by Crippen LogP contribution is 2.43. The molecule has 0 fully saturated rings. The molecular formula is C18H21F3O2. The number of hydrogen-bond acceptors (Lipinski definition) is 2. The topological polar surface area (TPSA) is 26.3 Å². The SMILES string of the molecule is C=C(C)C(=O)OC(C)(C)C1CCCc2ccc(C(F)(F)F)cc21. The summed E-state index contributed by atoms with van der Waals surface area (Å²) in [5.74, 6) is -0.786. The van der Waals surface area contributed by atoms with Gasteiger partial charge < -0.3 is 4.74 Å². The van der Waals surface area contributed by atoms with Crippen LogP contribution in [-0.2, 0) is 22.1 Å². The first-order valence-corrected chi connectivity index (χ1v) is 7.61. The molecule has 1 unspecified atom stereocenters. The van der Waals surface area contributed by atoms with Gasteiger partial charge in [0.05, 0.1) is 5.56 Å². The van der Waals surface area contributed by atoms with Crippen LogP contribution in [0.1, 0.15) is 56.2 Å². The first-order valence-electron chi connectivity index (χ1n) is 7.61. The summed E-state index contributed by atoms with van der Waals surface area (Å²) in [6.07, 6.45) is -2.09. The number of esters is 1. The lowest BCUT2D eigenvalue weighted by Crippen LogP contribution is -2.37. The number of hydrogen-bond donors (Lipinski definition) is 0. The Morgan fingerprint density at radius 2 is 1.96 bits per heavy atom. The number of carbonyl (C=O) groups excluding carboxylic acids is 1. The van der Waals surface area contributed by atoms with E-state index < -0.39 is 23.3 Å². The van der Waals surface area contributed by atoms with Crippen molar-refractivity contribution in [1.29, 1.82) is 0 Å². The van der Waals surface area contributed by atoms with Crippen LogP contribution >= 0.6 is 0 Å². The minimum atomic E-state index is -4.38. The van der Waals surface area contributed by atoms with Gasteiger partial charge in [0, 0.05) is 11.5 Å². The van der Waals surface area contributed by atoms with Crippen LogP contribution in [0.5, 0.6) is 0 Å². The third kappa shape index (κ3) is 3.77. The first kappa shape index (κ1) is 17.6. The van der Waals surface area contributed by atoms with Crippen LogP contribution in [-0.4, -0.2) is 11.6 Å². The Kier molecular flexibility index (Phi) is 4.60. The van der Waals surface area contributed by atoms with Gasteiger partial charge in [-0.25, -0.2) is 4.79 Å². The maximum absolute atomic E-state index is 13.0. The van der Waals surface area contributed by atoms with Gasteiger partial charge in [-0.2, -0.15) is 13.2 Å². The van der Waals surface area contributed by atoms with Gasteiger partial charge in [0.15, 0.2) is 0 Å². The molecular weight excluding hydrogens is 305 g/mol. The van der Waals surface area contributed by atoms with E-state index in [9.17, 15) is 18.0 Å². The lowest BCUT2D eigenvalue weighted by molar-refractivity contribution is -0.154. The number of aryl methyl sites for hydroxylation is 1. The van der Waals surface area contributed by atoms with E-state index in [4.69, 9.17) is 4.74 Å². The van der Waals surface area contributed by atoms with Gasteiger partial charge in [0.25, 0.3) is 0 Å². The van der Waals surface area contributed by atoms with Crippen molar-refractivity contribution in [2.45, 2.75) is 57.7 Å². The summed E-state index contributed by atoms with van der Waals surface area (Å²) in [6, 6.07) is 3.87. The number of alkyl halides is 3. The molecule has 0 N–H and O–H groups in total. The Morgan fingerprint density at radius 1 is 1.30 bits per heavy atom. The molecule has 0 bridgehead atoms. The van der Waals surface area contributed by atoms with Gasteiger partial charge in [-0.05, 0) is 63.3 Å². The molecule has 0 amide bonds. The zero-order valence-corrected chi connectivity index (χ0v) is 13.6. The Balaban J connectivity index is 2.40. The fourth-order valence-electron chi connectivity index (χ4n) is 3.09. The van der Waals surface area contributed by atoms with E-state index in [2.05, 4.69) is 6.58 Å². The summed E-state index contributed by atoms with van der Waals surface area (Å²) >= 11 is 0. The van der Waals surface area contributed by atoms with E-state index in [0.29, 0.717) is 12.0 Å². The number of halogens is 3. The molecule has 1 aliphatic carbocycles. The second-order valence-electron chi connectivity index (χ2n) is 6.63. The van der Waals surface area contributed by atoms with Crippen molar-refractivity contribution in [3.8, 4) is 0 Å². The average Bonchev–Trinajstić information content (AvgIpc) is 2.44. The maximum atomic E-state index is 13.0. The summed E-state index contributed by atoms with van der Waals surface area (Å²) in [4.78, 5) is 11.8. The minimum absolute atomic E-state index is 0.267. The molecule has 23 heavy (non-hydrogen) atoms. The standard InChI is InChI=1S/C18H21F3O2/c1-11(2)16(22)23-17(3,4)15-7-5-6-12-8-9-13(10-14(12)15)18(19,20)21/h8-10,15H,1,5-7H2,2-4H3. The zero-order valence-electron chi connectivity index (χ0n) is 13.6. The van der Waals surface area contributed by atoms with Crippen molar-refractivity contribution in [1.82, 2.24) is 0 Å². The zero-order chi connectivity index (χ0) is 17.4. The number of fused-ring (bicyclic) bond motifs is 1. The minimum Gasteiger partial charge on any atom is -0.456 e. The number of carbonyl (C=O) groups is 1. The Hall–Kier alpha value is -1.78. The summed E-state index contributed by atoms with van der Waals surface area (Å²) < 4.78 is 44.5. The molecule has 2 rings (SSSR count). The van der Waals surface area contributed by atoms with Crippen LogP contribution < -0.4 is 0 Å². The third-order valence-corrected chi connectivity index (χ3v) is 4.33. The molecule has 5 heteroatoms. The average molecular weight is 326 g/mol. The Morgan fingerprint density at radius 3 is 2.52 bits per heavy atom. The van der Waals surface area contributed by atoms with E-state index in [1.165, 1.54) is 6.07 Å². The molecule has 1 aromatic rings. The molecule has 126 valence electrons. The third-order valence-electron chi connectivity index (χ3n) is 4.33. The quantitative estimate of drug-likeness (QED) is 0.576. The summed E-state index contributed by atoms with van der Waals surface area (Å²) in [6.45, 7) is 8.59. The molecule has 1 atom stereocenters.